The molecule has 0 unspecified atom stereocenters. The van der Waals surface area contributed by atoms with Crippen molar-refractivity contribution in [3.8, 4) is 0 Å². The third kappa shape index (κ3) is 2.32. The van der Waals surface area contributed by atoms with Crippen LogP contribution in [0.4, 0.5) is 8.78 Å². The van der Waals surface area contributed by atoms with Crippen molar-refractivity contribution in [2.24, 2.45) is 5.92 Å². The van der Waals surface area contributed by atoms with Crippen LogP contribution in [-0.2, 0) is 0 Å². The van der Waals surface area contributed by atoms with E-state index in [1.165, 1.54) is 12.1 Å². The zero-order valence-electron chi connectivity index (χ0n) is 8.44. The molecule has 0 heterocycles. The van der Waals surface area contributed by atoms with Crippen LogP contribution in [0.3, 0.4) is 0 Å². The van der Waals surface area contributed by atoms with Crippen molar-refractivity contribution in [2.45, 2.75) is 26.7 Å². The summed E-state index contributed by atoms with van der Waals surface area (Å²) < 4.78 is 27.3. The molecule has 0 amide bonds. The molecule has 0 saturated carbocycles. The summed E-state index contributed by atoms with van der Waals surface area (Å²) >= 11 is 3.05. The second-order valence-corrected chi connectivity index (χ2v) is 4.73. The lowest BCUT2D eigenvalue weighted by Crippen LogP contribution is -2.07. The number of halogens is 3. The molecule has 0 fully saturated rings. The second kappa shape index (κ2) is 4.39. The van der Waals surface area contributed by atoms with Gasteiger partial charge in [0.05, 0.1) is 0 Å². The lowest BCUT2D eigenvalue weighted by Gasteiger charge is -2.17. The van der Waals surface area contributed by atoms with Crippen LogP contribution in [0.5, 0.6) is 0 Å². The molecule has 1 atom stereocenters. The highest BCUT2D eigenvalue weighted by atomic mass is 79.9. The van der Waals surface area contributed by atoms with E-state index < -0.39 is 11.6 Å². The maximum absolute atomic E-state index is 13.5. The van der Waals surface area contributed by atoms with E-state index in [9.17, 15) is 8.78 Å². The molecule has 78 valence electrons. The zero-order chi connectivity index (χ0) is 10.9. The summed E-state index contributed by atoms with van der Waals surface area (Å²) in [5.41, 5.74) is 0.184. The average Bonchev–Trinajstić information content (AvgIpc) is 2.01. The molecule has 14 heavy (non-hydrogen) atoms. The number of rotatable bonds is 2. The van der Waals surface area contributed by atoms with Crippen LogP contribution in [0.15, 0.2) is 16.6 Å². The monoisotopic (exact) mass is 262 g/mol. The maximum atomic E-state index is 13.5. The Kier molecular flexibility index (Phi) is 3.65. The van der Waals surface area contributed by atoms with Crippen molar-refractivity contribution < 1.29 is 8.78 Å². The van der Waals surface area contributed by atoms with E-state index >= 15 is 0 Å². The lowest BCUT2D eigenvalue weighted by molar-refractivity contribution is 0.467. The molecule has 0 bridgehead atoms. The van der Waals surface area contributed by atoms with E-state index in [4.69, 9.17) is 0 Å². The molecule has 0 N–H and O–H groups in total. The summed E-state index contributed by atoms with van der Waals surface area (Å²) in [6, 6.07) is 2.61. The van der Waals surface area contributed by atoms with Gasteiger partial charge in [-0.3, -0.25) is 0 Å². The summed E-state index contributed by atoms with van der Waals surface area (Å²) in [4.78, 5) is 0. The maximum Gasteiger partial charge on any atom is 0.130 e. The second-order valence-electron chi connectivity index (χ2n) is 3.82. The van der Waals surface area contributed by atoms with Gasteiger partial charge in [0, 0.05) is 10.0 Å². The molecule has 0 spiro atoms. The average molecular weight is 263 g/mol. The summed E-state index contributed by atoms with van der Waals surface area (Å²) in [7, 11) is 0. The van der Waals surface area contributed by atoms with Gasteiger partial charge in [-0.2, -0.15) is 0 Å². The zero-order valence-corrected chi connectivity index (χ0v) is 10.0. The number of benzene rings is 1. The van der Waals surface area contributed by atoms with E-state index in [1.54, 1.807) is 0 Å². The quantitative estimate of drug-likeness (QED) is 0.737. The van der Waals surface area contributed by atoms with Gasteiger partial charge in [0.25, 0.3) is 0 Å². The van der Waals surface area contributed by atoms with Gasteiger partial charge in [-0.1, -0.05) is 36.7 Å². The molecule has 0 aliphatic heterocycles. The van der Waals surface area contributed by atoms with Crippen molar-refractivity contribution in [2.75, 3.05) is 0 Å². The van der Waals surface area contributed by atoms with Crippen LogP contribution >= 0.6 is 15.9 Å². The van der Waals surface area contributed by atoms with E-state index in [2.05, 4.69) is 15.9 Å². The third-order valence-electron chi connectivity index (χ3n) is 2.50. The van der Waals surface area contributed by atoms with Crippen LogP contribution in [0.2, 0.25) is 0 Å². The highest BCUT2D eigenvalue weighted by Gasteiger charge is 2.19. The van der Waals surface area contributed by atoms with Gasteiger partial charge in [-0.15, -0.1) is 0 Å². The van der Waals surface area contributed by atoms with Crippen LogP contribution in [-0.4, -0.2) is 0 Å². The first kappa shape index (κ1) is 11.6. The summed E-state index contributed by atoms with van der Waals surface area (Å²) in [5, 5.41) is 0. The van der Waals surface area contributed by atoms with Crippen LogP contribution in [0.1, 0.15) is 32.3 Å². The fraction of sp³-hybridized carbons (Fsp3) is 0.455. The minimum Gasteiger partial charge on any atom is -0.207 e. The van der Waals surface area contributed by atoms with Crippen molar-refractivity contribution in [3.63, 3.8) is 0 Å². The highest BCUT2D eigenvalue weighted by molar-refractivity contribution is 9.10. The predicted octanol–water partition coefficient (Wildman–Crippen LogP) is 4.49. The highest BCUT2D eigenvalue weighted by Crippen LogP contribution is 2.30. The Bertz CT molecular complexity index is 311. The molecule has 1 aromatic rings. The first-order valence-electron chi connectivity index (χ1n) is 4.58. The largest absolute Gasteiger partial charge is 0.207 e. The fourth-order valence-corrected chi connectivity index (χ4v) is 1.72. The Hall–Kier alpha value is -0.440. The molecule has 0 nitrogen and oxygen atoms in total. The van der Waals surface area contributed by atoms with Crippen molar-refractivity contribution in [1.29, 1.82) is 0 Å². The van der Waals surface area contributed by atoms with Gasteiger partial charge in [0.1, 0.15) is 11.6 Å². The Morgan fingerprint density at radius 2 is 1.50 bits per heavy atom. The molecule has 0 radical (unpaired) electrons. The molecular weight excluding hydrogens is 250 g/mol. The van der Waals surface area contributed by atoms with E-state index in [-0.39, 0.29) is 17.4 Å². The molecule has 1 rings (SSSR count). The number of hydrogen-bond donors (Lipinski definition) is 0. The molecule has 0 aromatic heterocycles. The Morgan fingerprint density at radius 3 is 1.86 bits per heavy atom. The minimum absolute atomic E-state index is 0.108. The van der Waals surface area contributed by atoms with Crippen molar-refractivity contribution >= 4 is 15.9 Å². The summed E-state index contributed by atoms with van der Waals surface area (Å²) in [6.45, 7) is 5.73. The Balaban J connectivity index is 3.20. The van der Waals surface area contributed by atoms with Crippen LogP contribution < -0.4 is 0 Å². The molecule has 3 heteroatoms. The van der Waals surface area contributed by atoms with Crippen LogP contribution in [0, 0.1) is 17.6 Å². The van der Waals surface area contributed by atoms with Gasteiger partial charge >= 0.3 is 0 Å². The van der Waals surface area contributed by atoms with Crippen LogP contribution in [0.25, 0.3) is 0 Å². The number of hydrogen-bond acceptors (Lipinski definition) is 0. The Labute approximate surface area is 91.5 Å². The smallest absolute Gasteiger partial charge is 0.130 e. The van der Waals surface area contributed by atoms with Gasteiger partial charge < -0.3 is 0 Å². The topological polar surface area (TPSA) is 0 Å². The van der Waals surface area contributed by atoms with E-state index in [0.717, 1.165) is 0 Å². The fourth-order valence-electron chi connectivity index (χ4n) is 1.32. The first-order valence-corrected chi connectivity index (χ1v) is 5.37. The van der Waals surface area contributed by atoms with Gasteiger partial charge in [0.2, 0.25) is 0 Å². The molecule has 0 aliphatic rings. The van der Waals surface area contributed by atoms with Gasteiger partial charge in [-0.05, 0) is 24.0 Å². The lowest BCUT2D eigenvalue weighted by atomic mass is 9.89. The molecule has 0 saturated heterocycles. The first-order chi connectivity index (χ1) is 6.43. The third-order valence-corrected chi connectivity index (χ3v) is 2.96. The van der Waals surface area contributed by atoms with Gasteiger partial charge in [-0.25, -0.2) is 8.78 Å². The normalized spacial score (nSPS) is 13.4. The van der Waals surface area contributed by atoms with E-state index in [0.29, 0.717) is 4.47 Å². The standard InChI is InChI=1S/C11H13BrF2/c1-6(2)7(3)11-9(13)4-8(12)5-10(11)14/h4-7H,1-3H3/t7-/m1/s1. The summed E-state index contributed by atoms with van der Waals surface area (Å²) in [6.07, 6.45) is 0. The molecule has 1 aromatic carbocycles. The summed E-state index contributed by atoms with van der Waals surface area (Å²) in [5.74, 6) is -0.834. The SMILES string of the molecule is CC(C)[C@@H](C)c1c(F)cc(Br)cc1F. The van der Waals surface area contributed by atoms with E-state index in [1.807, 2.05) is 20.8 Å². The minimum atomic E-state index is -0.474. The molecule has 0 aliphatic carbocycles. The Morgan fingerprint density at radius 1 is 1.07 bits per heavy atom. The molecular formula is C11H13BrF2. The predicted molar refractivity (Wildman–Crippen MR) is 57.3 cm³/mol. The van der Waals surface area contributed by atoms with Crippen molar-refractivity contribution in [1.82, 2.24) is 0 Å². The van der Waals surface area contributed by atoms with Crippen molar-refractivity contribution in [3.05, 3.63) is 33.8 Å². The van der Waals surface area contributed by atoms with Gasteiger partial charge in [0.15, 0.2) is 0 Å².